The Hall–Kier alpha value is -3.90. The molecule has 0 radical (unpaired) electrons. The van der Waals surface area contributed by atoms with Crippen molar-refractivity contribution in [2.45, 2.75) is 13.8 Å². The zero-order valence-corrected chi connectivity index (χ0v) is 20.4. The molecule has 0 bridgehead atoms. The third-order valence-electron chi connectivity index (χ3n) is 5.86. The fourth-order valence-corrected chi connectivity index (χ4v) is 4.97. The van der Waals surface area contributed by atoms with Crippen LogP contribution in [-0.2, 0) is 0 Å². The summed E-state index contributed by atoms with van der Waals surface area (Å²) in [6.07, 6.45) is 0. The van der Waals surface area contributed by atoms with Gasteiger partial charge in [0.15, 0.2) is 0 Å². The zero-order valence-electron chi connectivity index (χ0n) is 19.6. The summed E-state index contributed by atoms with van der Waals surface area (Å²) in [5.41, 5.74) is 7.20. The second-order valence-corrected chi connectivity index (χ2v) is 9.14. The number of rotatable bonds is 6. The van der Waals surface area contributed by atoms with Gasteiger partial charge in [-0.3, -0.25) is 0 Å². The summed E-state index contributed by atoms with van der Waals surface area (Å²) in [6, 6.07) is 26.4. The Kier molecular flexibility index (Phi) is 5.90. The van der Waals surface area contributed by atoms with Crippen molar-refractivity contribution in [2.75, 3.05) is 14.2 Å². The van der Waals surface area contributed by atoms with Crippen LogP contribution in [0.3, 0.4) is 0 Å². The number of ether oxygens (including phenoxy) is 2. The number of benzene rings is 3. The van der Waals surface area contributed by atoms with Gasteiger partial charge in [0.25, 0.3) is 0 Å². The summed E-state index contributed by atoms with van der Waals surface area (Å²) in [5.74, 6) is 1.64. The maximum atomic E-state index is 5.37. The molecule has 5 aromatic rings. The van der Waals surface area contributed by atoms with E-state index >= 15 is 0 Å². The Morgan fingerprint density at radius 3 is 1.82 bits per heavy atom. The van der Waals surface area contributed by atoms with Crippen molar-refractivity contribution in [1.29, 1.82) is 0 Å². The first-order chi connectivity index (χ1) is 16.6. The van der Waals surface area contributed by atoms with Crippen LogP contribution in [0.5, 0.6) is 11.5 Å². The third kappa shape index (κ3) is 3.97. The fourth-order valence-electron chi connectivity index (χ4n) is 4.08. The minimum Gasteiger partial charge on any atom is -0.497 e. The molecule has 0 fully saturated rings. The molecule has 0 aliphatic carbocycles. The van der Waals surface area contributed by atoms with Gasteiger partial charge in [-0.05, 0) is 62.4 Å². The molecule has 0 aliphatic heterocycles. The van der Waals surface area contributed by atoms with E-state index in [1.165, 1.54) is 0 Å². The van der Waals surface area contributed by atoms with Gasteiger partial charge in [0.2, 0.25) is 5.13 Å². The smallest absolute Gasteiger partial charge is 0.211 e. The number of hydrogen-bond donors (Lipinski definition) is 0. The van der Waals surface area contributed by atoms with Crippen LogP contribution >= 0.6 is 11.3 Å². The highest BCUT2D eigenvalue weighted by atomic mass is 32.1. The normalized spacial score (nSPS) is 10.9. The standard InChI is InChI=1S/C28H25N3O2S/c1-18-25(21-10-14-23(32-3)15-11-21)30-31(27(18)22-12-16-24(33-4)17-13-22)28-29-26(19(2)34-28)20-8-6-5-7-9-20/h5-17H,1-4H3. The summed E-state index contributed by atoms with van der Waals surface area (Å²) in [5, 5.41) is 5.90. The van der Waals surface area contributed by atoms with Crippen LogP contribution in [0.15, 0.2) is 78.9 Å². The van der Waals surface area contributed by atoms with Crippen LogP contribution < -0.4 is 9.47 Å². The minimum absolute atomic E-state index is 0.819. The lowest BCUT2D eigenvalue weighted by atomic mass is 10.0. The SMILES string of the molecule is COc1ccc(-c2nn(-c3nc(-c4ccccc4)c(C)s3)c(-c3ccc(OC)cc3)c2C)cc1. The average Bonchev–Trinajstić information content (AvgIpc) is 3.44. The predicted octanol–water partition coefficient (Wildman–Crippen LogP) is 6.96. The van der Waals surface area contributed by atoms with Gasteiger partial charge < -0.3 is 9.47 Å². The molecular weight excluding hydrogens is 442 g/mol. The summed E-state index contributed by atoms with van der Waals surface area (Å²) in [7, 11) is 3.35. The molecule has 2 heterocycles. The van der Waals surface area contributed by atoms with Gasteiger partial charge in [-0.2, -0.15) is 5.10 Å². The van der Waals surface area contributed by atoms with E-state index < -0.39 is 0 Å². The van der Waals surface area contributed by atoms with Crippen molar-refractivity contribution in [2.24, 2.45) is 0 Å². The molecule has 0 N–H and O–H groups in total. The van der Waals surface area contributed by atoms with Crippen molar-refractivity contribution in [3.05, 3.63) is 89.3 Å². The molecule has 0 amide bonds. The number of thiazole rings is 1. The van der Waals surface area contributed by atoms with E-state index in [2.05, 4.69) is 38.1 Å². The molecule has 0 unspecified atom stereocenters. The Labute approximate surface area is 203 Å². The molecule has 0 aliphatic rings. The van der Waals surface area contributed by atoms with Crippen molar-refractivity contribution in [3.63, 3.8) is 0 Å². The van der Waals surface area contributed by atoms with Gasteiger partial charge in [-0.1, -0.05) is 41.7 Å². The van der Waals surface area contributed by atoms with Gasteiger partial charge in [0.05, 0.1) is 31.3 Å². The molecule has 2 aromatic heterocycles. The molecule has 0 atom stereocenters. The van der Waals surface area contributed by atoms with E-state index in [1.807, 2.05) is 59.3 Å². The van der Waals surface area contributed by atoms with Gasteiger partial charge in [-0.25, -0.2) is 9.67 Å². The first-order valence-electron chi connectivity index (χ1n) is 11.0. The van der Waals surface area contributed by atoms with Gasteiger partial charge >= 0.3 is 0 Å². The van der Waals surface area contributed by atoms with E-state index in [9.17, 15) is 0 Å². The number of nitrogens with zero attached hydrogens (tertiary/aromatic N) is 3. The van der Waals surface area contributed by atoms with Crippen LogP contribution in [0.4, 0.5) is 0 Å². The van der Waals surface area contributed by atoms with Crippen molar-refractivity contribution in [3.8, 4) is 50.4 Å². The number of aryl methyl sites for hydroxylation is 1. The number of aromatic nitrogens is 3. The molecular formula is C28H25N3O2S. The van der Waals surface area contributed by atoms with Crippen molar-refractivity contribution in [1.82, 2.24) is 14.8 Å². The Morgan fingerprint density at radius 2 is 1.24 bits per heavy atom. The molecule has 0 spiro atoms. The van der Waals surface area contributed by atoms with Gasteiger partial charge in [0, 0.05) is 27.1 Å². The number of methoxy groups -OCH3 is 2. The van der Waals surface area contributed by atoms with Crippen LogP contribution in [0.25, 0.3) is 38.9 Å². The molecule has 6 heteroatoms. The Bertz CT molecular complexity index is 1420. The maximum Gasteiger partial charge on any atom is 0.211 e. The Morgan fingerprint density at radius 1 is 0.676 bits per heavy atom. The molecule has 34 heavy (non-hydrogen) atoms. The van der Waals surface area contributed by atoms with Crippen LogP contribution in [0.1, 0.15) is 10.4 Å². The molecule has 5 nitrogen and oxygen atoms in total. The molecule has 3 aromatic carbocycles. The van der Waals surface area contributed by atoms with Crippen LogP contribution in [-0.4, -0.2) is 29.0 Å². The summed E-state index contributed by atoms with van der Waals surface area (Å²) >= 11 is 1.65. The molecule has 0 saturated carbocycles. The fraction of sp³-hybridized carbons (Fsp3) is 0.143. The van der Waals surface area contributed by atoms with E-state index in [1.54, 1.807) is 25.6 Å². The van der Waals surface area contributed by atoms with E-state index in [-0.39, 0.29) is 0 Å². The van der Waals surface area contributed by atoms with E-state index in [0.29, 0.717) is 0 Å². The lowest BCUT2D eigenvalue weighted by Gasteiger charge is -2.07. The van der Waals surface area contributed by atoms with Crippen molar-refractivity contribution < 1.29 is 9.47 Å². The van der Waals surface area contributed by atoms with Gasteiger partial charge in [-0.15, -0.1) is 0 Å². The highest BCUT2D eigenvalue weighted by Gasteiger charge is 2.22. The zero-order chi connectivity index (χ0) is 23.7. The quantitative estimate of drug-likeness (QED) is 0.271. The monoisotopic (exact) mass is 467 g/mol. The van der Waals surface area contributed by atoms with Crippen molar-refractivity contribution >= 4 is 11.3 Å². The first kappa shape index (κ1) is 21.9. The van der Waals surface area contributed by atoms with Gasteiger partial charge in [0.1, 0.15) is 11.5 Å². The summed E-state index contributed by atoms with van der Waals surface area (Å²) in [4.78, 5) is 6.17. The van der Waals surface area contributed by atoms with Crippen LogP contribution in [0, 0.1) is 13.8 Å². The summed E-state index contributed by atoms with van der Waals surface area (Å²) in [6.45, 7) is 4.22. The lowest BCUT2D eigenvalue weighted by Crippen LogP contribution is -1.99. The lowest BCUT2D eigenvalue weighted by molar-refractivity contribution is 0.414. The first-order valence-corrected chi connectivity index (χ1v) is 11.8. The summed E-state index contributed by atoms with van der Waals surface area (Å²) < 4.78 is 12.7. The third-order valence-corrected chi connectivity index (χ3v) is 6.81. The molecule has 5 rings (SSSR count). The van der Waals surface area contributed by atoms with E-state index in [0.717, 1.165) is 60.8 Å². The minimum atomic E-state index is 0.819. The maximum absolute atomic E-state index is 5.37. The largest absolute Gasteiger partial charge is 0.497 e. The highest BCUT2D eigenvalue weighted by Crippen LogP contribution is 2.37. The topological polar surface area (TPSA) is 49.2 Å². The Balaban J connectivity index is 1.69. The second-order valence-electron chi connectivity index (χ2n) is 7.96. The second kappa shape index (κ2) is 9.15. The molecule has 0 saturated heterocycles. The number of hydrogen-bond acceptors (Lipinski definition) is 5. The molecule has 170 valence electrons. The predicted molar refractivity (Wildman–Crippen MR) is 138 cm³/mol. The van der Waals surface area contributed by atoms with E-state index in [4.69, 9.17) is 19.6 Å². The average molecular weight is 468 g/mol. The van der Waals surface area contributed by atoms with Crippen LogP contribution in [0.2, 0.25) is 0 Å². The highest BCUT2D eigenvalue weighted by molar-refractivity contribution is 7.14.